The average Bonchev–Trinajstić information content (AvgIpc) is 1.57. The van der Waals surface area contributed by atoms with Crippen molar-refractivity contribution in [3.63, 3.8) is 0 Å². The molecule has 1 aliphatic heterocycles. The van der Waals surface area contributed by atoms with Gasteiger partial charge in [-0.25, -0.2) is 8.42 Å². The van der Waals surface area contributed by atoms with Crippen LogP contribution in [0.15, 0.2) is 0 Å². The van der Waals surface area contributed by atoms with E-state index in [4.69, 9.17) is 5.11 Å². The Kier molecular flexibility index (Phi) is 3.71. The molecule has 1 aliphatic rings. The molecular weight excluding hydrogens is 187 g/mol. The van der Waals surface area contributed by atoms with Gasteiger partial charge in [-0.3, -0.25) is 0 Å². The van der Waals surface area contributed by atoms with Gasteiger partial charge in [0.25, 0.3) is 0 Å². The Hall–Kier alpha value is 1.22. The number of thioether (sulfide) groups is 1. The number of hydrogen-bond donors (Lipinski definition) is 1. The first-order valence-corrected chi connectivity index (χ1v) is 4.78. The molecule has 0 radical (unpaired) electrons. The van der Waals surface area contributed by atoms with Gasteiger partial charge in [0.15, 0.2) is 4.93 Å². The van der Waals surface area contributed by atoms with E-state index in [9.17, 15) is 13.0 Å². The molecule has 0 saturated carbocycles. The molecule has 0 aromatic carbocycles. The molecular formula is C3H5NaO4S2. The largest absolute Gasteiger partial charge is 1.00 e. The zero-order valence-corrected chi connectivity index (χ0v) is 9.04. The minimum atomic E-state index is -4.48. The Morgan fingerprint density at radius 2 is 1.90 bits per heavy atom. The summed E-state index contributed by atoms with van der Waals surface area (Å²) in [7, 11) is -4.48. The normalized spacial score (nSPS) is 22.6. The summed E-state index contributed by atoms with van der Waals surface area (Å²) in [4.78, 5) is -1.96. The van der Waals surface area contributed by atoms with Crippen molar-refractivity contribution >= 4 is 21.9 Å². The second-order valence-electron chi connectivity index (χ2n) is 1.89. The smallest absolute Gasteiger partial charge is 0.746 e. The average molecular weight is 192 g/mol. The van der Waals surface area contributed by atoms with Gasteiger partial charge in [0.05, 0.1) is 0 Å². The van der Waals surface area contributed by atoms with Crippen molar-refractivity contribution in [2.45, 2.75) is 4.93 Å². The van der Waals surface area contributed by atoms with Crippen LogP contribution < -0.4 is 29.6 Å². The molecule has 1 saturated heterocycles. The fourth-order valence-electron chi connectivity index (χ4n) is 0.421. The van der Waals surface area contributed by atoms with Crippen LogP contribution in [0.1, 0.15) is 0 Å². The predicted octanol–water partition coefficient (Wildman–Crippen LogP) is -4.03. The Morgan fingerprint density at radius 3 is 1.90 bits per heavy atom. The van der Waals surface area contributed by atoms with Gasteiger partial charge < -0.3 is 9.66 Å². The summed E-state index contributed by atoms with van der Waals surface area (Å²) in [5.41, 5.74) is 0. The molecule has 0 aliphatic carbocycles. The quantitative estimate of drug-likeness (QED) is 0.338. The maximum atomic E-state index is 10.1. The Balaban J connectivity index is 0.000000810. The molecule has 7 heteroatoms. The summed E-state index contributed by atoms with van der Waals surface area (Å²) >= 11 is 1.24. The van der Waals surface area contributed by atoms with E-state index < -0.39 is 15.1 Å². The molecule has 0 atom stereocenters. The number of rotatable bonds is 1. The molecule has 0 unspecified atom stereocenters. The molecule has 10 heavy (non-hydrogen) atoms. The fraction of sp³-hybridized carbons (Fsp3) is 1.00. The van der Waals surface area contributed by atoms with Crippen molar-refractivity contribution in [2.75, 3.05) is 11.5 Å². The van der Waals surface area contributed by atoms with Crippen LogP contribution >= 0.6 is 11.8 Å². The van der Waals surface area contributed by atoms with Crippen LogP contribution in [0.4, 0.5) is 0 Å². The van der Waals surface area contributed by atoms with Crippen LogP contribution in [0, 0.1) is 0 Å². The first-order valence-electron chi connectivity index (χ1n) is 2.21. The van der Waals surface area contributed by atoms with E-state index in [1.165, 1.54) is 11.8 Å². The van der Waals surface area contributed by atoms with E-state index in [1.807, 2.05) is 0 Å². The molecule has 1 rings (SSSR count). The van der Waals surface area contributed by atoms with Crippen LogP contribution in [0.5, 0.6) is 0 Å². The van der Waals surface area contributed by atoms with Gasteiger partial charge >= 0.3 is 29.6 Å². The molecule has 0 spiro atoms. The third-order valence-electron chi connectivity index (χ3n) is 1.12. The van der Waals surface area contributed by atoms with Crippen LogP contribution in [0.2, 0.25) is 0 Å². The first kappa shape index (κ1) is 11.2. The topological polar surface area (TPSA) is 77.4 Å². The van der Waals surface area contributed by atoms with Crippen molar-refractivity contribution < 1.29 is 47.6 Å². The van der Waals surface area contributed by atoms with Gasteiger partial charge in [-0.05, 0) is 0 Å². The SMILES string of the molecule is O=S(=O)([O-])C1(O)CSC1.[Na+]. The van der Waals surface area contributed by atoms with E-state index in [0.29, 0.717) is 0 Å². The molecule has 4 nitrogen and oxygen atoms in total. The van der Waals surface area contributed by atoms with Gasteiger partial charge in [0, 0.05) is 11.5 Å². The minimum absolute atomic E-state index is 0. The first-order chi connectivity index (χ1) is 3.96. The molecule has 0 amide bonds. The number of aliphatic hydroxyl groups is 1. The zero-order valence-electron chi connectivity index (χ0n) is 5.40. The summed E-state index contributed by atoms with van der Waals surface area (Å²) in [5, 5.41) is 8.83. The molecule has 1 heterocycles. The van der Waals surface area contributed by atoms with Gasteiger partial charge in [0.1, 0.15) is 10.1 Å². The summed E-state index contributed by atoms with van der Waals surface area (Å²) in [5.74, 6) is 0.0255. The summed E-state index contributed by atoms with van der Waals surface area (Å²) in [6.45, 7) is 0. The van der Waals surface area contributed by atoms with E-state index in [0.717, 1.165) is 0 Å². The van der Waals surface area contributed by atoms with E-state index in [-0.39, 0.29) is 41.1 Å². The maximum absolute atomic E-state index is 10.1. The van der Waals surface area contributed by atoms with Crippen molar-refractivity contribution in [3.05, 3.63) is 0 Å². The minimum Gasteiger partial charge on any atom is -0.746 e. The van der Waals surface area contributed by atoms with Crippen LogP contribution in [-0.2, 0) is 10.1 Å². The van der Waals surface area contributed by atoms with Gasteiger partial charge in [-0.2, -0.15) is 11.8 Å². The van der Waals surface area contributed by atoms with Crippen molar-refractivity contribution in [1.82, 2.24) is 0 Å². The Labute approximate surface area is 85.4 Å². The summed E-state index contributed by atoms with van der Waals surface area (Å²) in [6, 6.07) is 0. The molecule has 54 valence electrons. The van der Waals surface area contributed by atoms with Crippen molar-refractivity contribution in [3.8, 4) is 0 Å². The third-order valence-corrected chi connectivity index (χ3v) is 4.07. The van der Waals surface area contributed by atoms with Gasteiger partial charge in [-0.15, -0.1) is 0 Å². The molecule has 1 N–H and O–H groups in total. The fourth-order valence-corrected chi connectivity index (χ4v) is 2.63. The third kappa shape index (κ3) is 1.88. The molecule has 1 fully saturated rings. The van der Waals surface area contributed by atoms with Crippen molar-refractivity contribution in [2.24, 2.45) is 0 Å². The Morgan fingerprint density at radius 1 is 1.50 bits per heavy atom. The van der Waals surface area contributed by atoms with Crippen LogP contribution in [0.3, 0.4) is 0 Å². The van der Waals surface area contributed by atoms with E-state index >= 15 is 0 Å². The van der Waals surface area contributed by atoms with Crippen molar-refractivity contribution in [1.29, 1.82) is 0 Å². The van der Waals surface area contributed by atoms with E-state index in [1.54, 1.807) is 0 Å². The molecule has 0 aromatic rings. The maximum Gasteiger partial charge on any atom is 1.00 e. The van der Waals surface area contributed by atoms with Crippen LogP contribution in [0.25, 0.3) is 0 Å². The Bertz CT molecular complexity index is 207. The van der Waals surface area contributed by atoms with Gasteiger partial charge in [-0.1, -0.05) is 0 Å². The van der Waals surface area contributed by atoms with E-state index in [2.05, 4.69) is 0 Å². The summed E-state index contributed by atoms with van der Waals surface area (Å²) < 4.78 is 30.3. The number of hydrogen-bond acceptors (Lipinski definition) is 5. The summed E-state index contributed by atoms with van der Waals surface area (Å²) in [6.07, 6.45) is 0. The second kappa shape index (κ2) is 3.30. The van der Waals surface area contributed by atoms with Gasteiger partial charge in [0.2, 0.25) is 0 Å². The second-order valence-corrected chi connectivity index (χ2v) is 4.55. The zero-order chi connectivity index (χ0) is 7.12. The monoisotopic (exact) mass is 192 g/mol. The molecule has 0 bridgehead atoms. The standard InChI is InChI=1S/C3H6O4S2.Na/c4-3(1-8-2-3)9(5,6)7;/h4H,1-2H2,(H,5,6,7);/q;+1/p-1. The predicted molar refractivity (Wildman–Crippen MR) is 32.0 cm³/mol. The van der Waals surface area contributed by atoms with Crippen LogP contribution in [-0.4, -0.2) is 34.5 Å². The molecule has 0 aromatic heterocycles.